The number of rotatable bonds is 3. The van der Waals surface area contributed by atoms with E-state index in [4.69, 9.17) is 15.0 Å². The van der Waals surface area contributed by atoms with Gasteiger partial charge in [0.05, 0.1) is 0 Å². The number of benzene rings is 4. The van der Waals surface area contributed by atoms with Crippen LogP contribution in [0.4, 0.5) is 4.39 Å². The average Bonchev–Trinajstić information content (AvgIpc) is 2.91. The van der Waals surface area contributed by atoms with E-state index in [-0.39, 0.29) is 16.6 Å². The Bertz CT molecular complexity index is 1630. The summed E-state index contributed by atoms with van der Waals surface area (Å²) in [4.78, 5) is 14.7. The molecule has 1 heterocycles. The molecule has 37 heavy (non-hydrogen) atoms. The lowest BCUT2D eigenvalue weighted by Gasteiger charge is -2.42. The molecule has 0 unspecified atom stereocenters. The van der Waals surface area contributed by atoms with Crippen LogP contribution >= 0.6 is 0 Å². The molecule has 1 aromatic heterocycles. The maximum Gasteiger partial charge on any atom is 0.164 e. The second kappa shape index (κ2) is 8.58. The highest BCUT2D eigenvalue weighted by molar-refractivity contribution is 5.86. The van der Waals surface area contributed by atoms with Crippen molar-refractivity contribution in [1.82, 2.24) is 15.0 Å². The first kappa shape index (κ1) is 23.5. The zero-order valence-corrected chi connectivity index (χ0v) is 21.7. The molecule has 0 saturated carbocycles. The van der Waals surface area contributed by atoms with E-state index in [1.807, 2.05) is 18.2 Å². The monoisotopic (exact) mass is 487 g/mol. The number of hydrogen-bond donors (Lipinski definition) is 0. The minimum Gasteiger partial charge on any atom is -0.208 e. The van der Waals surface area contributed by atoms with Crippen molar-refractivity contribution in [2.24, 2.45) is 0 Å². The lowest BCUT2D eigenvalue weighted by Crippen LogP contribution is -2.33. The summed E-state index contributed by atoms with van der Waals surface area (Å²) in [5.41, 5.74) is 5.62. The van der Waals surface area contributed by atoms with Gasteiger partial charge in [-0.3, -0.25) is 0 Å². The summed E-state index contributed by atoms with van der Waals surface area (Å²) in [5, 5.41) is 2.29. The minimum absolute atomic E-state index is 0.0782. The maximum absolute atomic E-state index is 13.7. The summed E-state index contributed by atoms with van der Waals surface area (Å²) in [6.45, 7) is 9.30. The van der Waals surface area contributed by atoms with Crippen LogP contribution in [0.3, 0.4) is 0 Å². The van der Waals surface area contributed by atoms with Crippen LogP contribution in [0.1, 0.15) is 51.7 Å². The third-order valence-corrected chi connectivity index (χ3v) is 7.86. The second-order valence-corrected chi connectivity index (χ2v) is 11.4. The molecule has 0 spiro atoms. The molecule has 1 aliphatic rings. The average molecular weight is 488 g/mol. The zero-order valence-electron chi connectivity index (χ0n) is 21.7. The third-order valence-electron chi connectivity index (χ3n) is 7.86. The van der Waals surface area contributed by atoms with E-state index in [0.717, 1.165) is 28.5 Å². The van der Waals surface area contributed by atoms with Gasteiger partial charge < -0.3 is 0 Å². The molecule has 0 aliphatic heterocycles. The van der Waals surface area contributed by atoms with Crippen LogP contribution < -0.4 is 0 Å². The first-order valence-corrected chi connectivity index (χ1v) is 12.9. The molecule has 0 N–H and O–H groups in total. The van der Waals surface area contributed by atoms with E-state index in [1.54, 1.807) is 12.1 Å². The number of fused-ring (bicyclic) bond motifs is 2. The molecular weight excluding hydrogens is 457 g/mol. The Balaban J connectivity index is 1.55. The third kappa shape index (κ3) is 4.31. The van der Waals surface area contributed by atoms with Crippen LogP contribution in [0, 0.1) is 5.82 Å². The van der Waals surface area contributed by atoms with E-state index >= 15 is 0 Å². The van der Waals surface area contributed by atoms with Crippen molar-refractivity contribution in [2.75, 3.05) is 0 Å². The van der Waals surface area contributed by atoms with Gasteiger partial charge in [-0.05, 0) is 82.0 Å². The predicted molar refractivity (Wildman–Crippen MR) is 149 cm³/mol. The summed E-state index contributed by atoms with van der Waals surface area (Å²) in [5.74, 6) is 1.48. The fraction of sp³-hybridized carbons (Fsp3) is 0.242. The van der Waals surface area contributed by atoms with E-state index < -0.39 is 0 Å². The Morgan fingerprint density at radius 1 is 0.541 bits per heavy atom. The van der Waals surface area contributed by atoms with Gasteiger partial charge in [-0.25, -0.2) is 19.3 Å². The number of hydrogen-bond acceptors (Lipinski definition) is 3. The largest absolute Gasteiger partial charge is 0.208 e. The molecule has 3 nitrogen and oxygen atoms in total. The molecule has 0 saturated heterocycles. The lowest BCUT2D eigenvalue weighted by molar-refractivity contribution is 0.332. The van der Waals surface area contributed by atoms with Gasteiger partial charge in [0.2, 0.25) is 0 Å². The van der Waals surface area contributed by atoms with Gasteiger partial charge in [-0.1, -0.05) is 76.2 Å². The van der Waals surface area contributed by atoms with Gasteiger partial charge in [-0.2, -0.15) is 0 Å². The Labute approximate surface area is 217 Å². The Kier molecular flexibility index (Phi) is 5.45. The molecule has 1 aliphatic carbocycles. The molecule has 0 amide bonds. The smallest absolute Gasteiger partial charge is 0.164 e. The van der Waals surface area contributed by atoms with E-state index in [9.17, 15) is 4.39 Å². The van der Waals surface area contributed by atoms with Crippen molar-refractivity contribution in [3.8, 4) is 34.2 Å². The van der Waals surface area contributed by atoms with Gasteiger partial charge in [0.25, 0.3) is 0 Å². The quantitative estimate of drug-likeness (QED) is 0.256. The molecule has 6 rings (SSSR count). The molecule has 4 aromatic carbocycles. The molecular formula is C33H30FN3. The SMILES string of the molecule is CC1(C)CCC(C)(C)c2cc(-c3nc(-c4ccc(F)cc4)nc(-c4ccc5ccccc5c4)n3)ccc21. The fourth-order valence-electron chi connectivity index (χ4n) is 5.42. The summed E-state index contributed by atoms with van der Waals surface area (Å²) in [6.07, 6.45) is 2.30. The predicted octanol–water partition coefficient (Wildman–Crippen LogP) is 8.51. The fourth-order valence-corrected chi connectivity index (χ4v) is 5.42. The molecule has 4 heteroatoms. The summed E-state index contributed by atoms with van der Waals surface area (Å²) < 4.78 is 13.7. The standard InChI is InChI=1S/C33H30FN3/c1-32(2)17-18-33(3,4)28-20-25(13-16-27(28)32)31-36-29(22-11-14-26(34)15-12-22)35-30(37-31)24-10-9-21-7-5-6-8-23(21)19-24/h5-16,19-20H,17-18H2,1-4H3. The van der Waals surface area contributed by atoms with Crippen LogP contribution in [0.25, 0.3) is 44.9 Å². The van der Waals surface area contributed by atoms with Gasteiger partial charge >= 0.3 is 0 Å². The number of aromatic nitrogens is 3. The van der Waals surface area contributed by atoms with Crippen LogP contribution in [0.2, 0.25) is 0 Å². The molecule has 184 valence electrons. The van der Waals surface area contributed by atoms with E-state index in [1.165, 1.54) is 35.1 Å². The molecule has 0 fully saturated rings. The van der Waals surface area contributed by atoms with Crippen molar-refractivity contribution in [2.45, 2.75) is 51.4 Å². The Morgan fingerprint density at radius 3 is 1.73 bits per heavy atom. The minimum atomic E-state index is -0.285. The van der Waals surface area contributed by atoms with Crippen LogP contribution in [0.15, 0.2) is 84.9 Å². The van der Waals surface area contributed by atoms with Gasteiger partial charge in [0.1, 0.15) is 5.82 Å². The number of halogens is 1. The Hall–Kier alpha value is -3.92. The summed E-state index contributed by atoms with van der Waals surface area (Å²) >= 11 is 0. The highest BCUT2D eigenvalue weighted by Gasteiger charge is 2.37. The van der Waals surface area contributed by atoms with Crippen molar-refractivity contribution in [3.05, 3.63) is 102 Å². The van der Waals surface area contributed by atoms with Crippen molar-refractivity contribution >= 4 is 10.8 Å². The molecule has 5 aromatic rings. The van der Waals surface area contributed by atoms with Crippen LogP contribution in [-0.4, -0.2) is 15.0 Å². The van der Waals surface area contributed by atoms with Crippen molar-refractivity contribution in [1.29, 1.82) is 0 Å². The van der Waals surface area contributed by atoms with Gasteiger partial charge in [-0.15, -0.1) is 0 Å². The second-order valence-electron chi connectivity index (χ2n) is 11.4. The topological polar surface area (TPSA) is 38.7 Å². The van der Waals surface area contributed by atoms with E-state index in [0.29, 0.717) is 17.5 Å². The molecule has 0 radical (unpaired) electrons. The maximum atomic E-state index is 13.7. The summed E-state index contributed by atoms with van der Waals surface area (Å²) in [6, 6.07) is 27.5. The van der Waals surface area contributed by atoms with E-state index in [2.05, 4.69) is 70.2 Å². The lowest BCUT2D eigenvalue weighted by atomic mass is 9.63. The van der Waals surface area contributed by atoms with Crippen molar-refractivity contribution in [3.63, 3.8) is 0 Å². The van der Waals surface area contributed by atoms with Gasteiger partial charge in [0.15, 0.2) is 17.5 Å². The first-order chi connectivity index (χ1) is 17.7. The highest BCUT2D eigenvalue weighted by atomic mass is 19.1. The molecule has 0 atom stereocenters. The highest BCUT2D eigenvalue weighted by Crippen LogP contribution is 2.46. The normalized spacial score (nSPS) is 15.9. The van der Waals surface area contributed by atoms with Gasteiger partial charge in [0, 0.05) is 16.7 Å². The summed E-state index contributed by atoms with van der Waals surface area (Å²) in [7, 11) is 0. The van der Waals surface area contributed by atoms with Crippen LogP contribution in [-0.2, 0) is 10.8 Å². The Morgan fingerprint density at radius 2 is 1.05 bits per heavy atom. The first-order valence-electron chi connectivity index (χ1n) is 12.9. The number of nitrogens with zero attached hydrogens (tertiary/aromatic N) is 3. The van der Waals surface area contributed by atoms with Crippen LogP contribution in [0.5, 0.6) is 0 Å². The molecule has 0 bridgehead atoms. The van der Waals surface area contributed by atoms with Crippen molar-refractivity contribution < 1.29 is 4.39 Å². The zero-order chi connectivity index (χ0) is 25.8.